The van der Waals surface area contributed by atoms with Gasteiger partial charge >= 0.3 is 0 Å². The average molecular weight is 384 g/mol. The molecular formula is C23H20N4O2. The first-order valence-electron chi connectivity index (χ1n) is 9.27. The van der Waals surface area contributed by atoms with Crippen molar-refractivity contribution in [2.24, 2.45) is 0 Å². The second kappa shape index (κ2) is 7.31. The lowest BCUT2D eigenvalue weighted by Gasteiger charge is -2.11. The molecule has 2 heterocycles. The predicted molar refractivity (Wildman–Crippen MR) is 112 cm³/mol. The Bertz CT molecular complexity index is 1240. The van der Waals surface area contributed by atoms with Crippen molar-refractivity contribution in [3.8, 4) is 0 Å². The van der Waals surface area contributed by atoms with Gasteiger partial charge in [0, 0.05) is 28.6 Å². The molecule has 29 heavy (non-hydrogen) atoms. The number of benzene rings is 2. The number of carbonyl (C=O) groups is 2. The van der Waals surface area contributed by atoms with Crippen molar-refractivity contribution in [3.63, 3.8) is 0 Å². The third kappa shape index (κ3) is 3.40. The van der Waals surface area contributed by atoms with E-state index in [0.717, 1.165) is 22.3 Å². The molecule has 0 fully saturated rings. The summed E-state index contributed by atoms with van der Waals surface area (Å²) in [5.41, 5.74) is 5.11. The zero-order valence-electron chi connectivity index (χ0n) is 16.4. The Morgan fingerprint density at radius 3 is 2.48 bits per heavy atom. The molecule has 2 aromatic carbocycles. The van der Waals surface area contributed by atoms with Crippen LogP contribution < -0.4 is 5.32 Å². The Balaban J connectivity index is 1.79. The number of rotatable bonds is 5. The van der Waals surface area contributed by atoms with Crippen molar-refractivity contribution in [3.05, 3.63) is 88.9 Å². The number of hydrogen-bond donors (Lipinski definition) is 1. The van der Waals surface area contributed by atoms with Crippen molar-refractivity contribution in [2.45, 2.75) is 20.8 Å². The molecule has 6 heteroatoms. The Morgan fingerprint density at radius 1 is 1.00 bits per heavy atom. The first kappa shape index (κ1) is 18.6. The van der Waals surface area contributed by atoms with E-state index in [-0.39, 0.29) is 11.6 Å². The van der Waals surface area contributed by atoms with E-state index in [1.54, 1.807) is 28.9 Å². The largest absolute Gasteiger partial charge is 0.338 e. The summed E-state index contributed by atoms with van der Waals surface area (Å²) in [5.74, 6) is 0.512. The van der Waals surface area contributed by atoms with Crippen molar-refractivity contribution >= 4 is 28.6 Å². The van der Waals surface area contributed by atoms with Gasteiger partial charge in [-0.25, -0.2) is 9.50 Å². The molecule has 0 unspecified atom stereocenters. The monoisotopic (exact) mass is 384 g/mol. The minimum Gasteiger partial charge on any atom is -0.338 e. The summed E-state index contributed by atoms with van der Waals surface area (Å²) in [6.45, 7) is 5.38. The molecule has 4 rings (SSSR count). The van der Waals surface area contributed by atoms with E-state index >= 15 is 0 Å². The number of carbonyl (C=O) groups excluding carboxylic acids is 2. The third-order valence-electron chi connectivity index (χ3n) is 5.00. The summed E-state index contributed by atoms with van der Waals surface area (Å²) in [6.07, 6.45) is 3.17. The lowest BCUT2D eigenvalue weighted by molar-refractivity contribution is 0.101. The van der Waals surface area contributed by atoms with Crippen LogP contribution in [0.3, 0.4) is 0 Å². The highest BCUT2D eigenvalue weighted by Crippen LogP contribution is 2.28. The summed E-state index contributed by atoms with van der Waals surface area (Å²) in [5, 5.41) is 7.58. The van der Waals surface area contributed by atoms with Gasteiger partial charge in [0.25, 0.3) is 0 Å². The summed E-state index contributed by atoms with van der Waals surface area (Å²) in [6, 6.07) is 14.7. The van der Waals surface area contributed by atoms with Crippen molar-refractivity contribution < 1.29 is 9.59 Å². The maximum absolute atomic E-state index is 13.0. The maximum Gasteiger partial charge on any atom is 0.194 e. The maximum atomic E-state index is 13.0. The summed E-state index contributed by atoms with van der Waals surface area (Å²) in [7, 11) is 0. The number of Topliss-reactive ketones (excluding diaryl/α,β-unsaturated/α-hetero) is 1. The van der Waals surface area contributed by atoms with Gasteiger partial charge in [-0.1, -0.05) is 42.5 Å². The summed E-state index contributed by atoms with van der Waals surface area (Å²) >= 11 is 0. The van der Waals surface area contributed by atoms with Gasteiger partial charge in [-0.3, -0.25) is 9.59 Å². The zero-order chi connectivity index (χ0) is 20.5. The highest BCUT2D eigenvalue weighted by Gasteiger charge is 2.19. The Kier molecular flexibility index (Phi) is 4.68. The normalized spacial score (nSPS) is 10.9. The fraction of sp³-hybridized carbons (Fsp3) is 0.130. The molecule has 4 aromatic rings. The van der Waals surface area contributed by atoms with E-state index in [1.807, 2.05) is 44.2 Å². The van der Waals surface area contributed by atoms with Gasteiger partial charge in [-0.05, 0) is 38.0 Å². The molecule has 0 saturated carbocycles. The highest BCUT2D eigenvalue weighted by molar-refractivity contribution is 6.11. The lowest BCUT2D eigenvalue weighted by Crippen LogP contribution is -2.03. The number of nitrogens with zero attached hydrogens (tertiary/aromatic N) is 3. The van der Waals surface area contributed by atoms with E-state index in [0.29, 0.717) is 22.5 Å². The van der Waals surface area contributed by atoms with E-state index in [4.69, 9.17) is 0 Å². The summed E-state index contributed by atoms with van der Waals surface area (Å²) < 4.78 is 1.66. The minimum absolute atomic E-state index is 0.00417. The molecule has 2 aromatic heterocycles. The Hall–Kier alpha value is -3.80. The van der Waals surface area contributed by atoms with Crippen LogP contribution in [0.2, 0.25) is 0 Å². The topological polar surface area (TPSA) is 76.4 Å². The number of ketones is 2. The van der Waals surface area contributed by atoms with Gasteiger partial charge in [-0.2, -0.15) is 5.10 Å². The van der Waals surface area contributed by atoms with Crippen LogP contribution in [0.25, 0.3) is 5.52 Å². The molecule has 144 valence electrons. The fourth-order valence-corrected chi connectivity index (χ4v) is 3.33. The predicted octanol–water partition coefficient (Wildman–Crippen LogP) is 4.52. The number of anilines is 2. The molecule has 0 amide bonds. The number of hydrogen-bond acceptors (Lipinski definition) is 5. The number of aryl methyl sites for hydroxylation is 2. The van der Waals surface area contributed by atoms with Crippen LogP contribution in [0.5, 0.6) is 0 Å². The molecule has 0 radical (unpaired) electrons. The molecule has 6 nitrogen and oxygen atoms in total. The van der Waals surface area contributed by atoms with Gasteiger partial charge in [0.2, 0.25) is 0 Å². The molecule has 0 spiro atoms. The van der Waals surface area contributed by atoms with Crippen LogP contribution in [-0.4, -0.2) is 26.2 Å². The molecule has 0 aliphatic carbocycles. The lowest BCUT2D eigenvalue weighted by atomic mass is 10.0. The van der Waals surface area contributed by atoms with Crippen LogP contribution >= 0.6 is 0 Å². The number of fused-ring (bicyclic) bond motifs is 1. The highest BCUT2D eigenvalue weighted by atomic mass is 16.1. The van der Waals surface area contributed by atoms with E-state index in [9.17, 15) is 9.59 Å². The molecule has 0 aliphatic heterocycles. The second-order valence-corrected chi connectivity index (χ2v) is 6.98. The average Bonchev–Trinajstić information content (AvgIpc) is 3.07. The molecule has 1 N–H and O–H groups in total. The minimum atomic E-state index is -0.0608. The van der Waals surface area contributed by atoms with Gasteiger partial charge in [0.1, 0.15) is 11.8 Å². The first-order valence-corrected chi connectivity index (χ1v) is 9.27. The SMILES string of the molecule is CC(=O)c1ccc(C)c(Nc2ncnn3cc(C(=O)c4ccccc4)c(C)c23)c1. The molecule has 0 aliphatic rings. The molecular weight excluding hydrogens is 364 g/mol. The van der Waals surface area contributed by atoms with E-state index in [1.165, 1.54) is 13.3 Å². The van der Waals surface area contributed by atoms with Crippen LogP contribution in [0.15, 0.2) is 61.1 Å². The van der Waals surface area contributed by atoms with Crippen LogP contribution in [0, 0.1) is 13.8 Å². The summed E-state index contributed by atoms with van der Waals surface area (Å²) in [4.78, 5) is 29.1. The van der Waals surface area contributed by atoms with Crippen LogP contribution in [0.1, 0.15) is 44.3 Å². The van der Waals surface area contributed by atoms with E-state index in [2.05, 4.69) is 15.4 Å². The van der Waals surface area contributed by atoms with Gasteiger partial charge < -0.3 is 5.32 Å². The first-order chi connectivity index (χ1) is 14.0. The van der Waals surface area contributed by atoms with Crippen molar-refractivity contribution in [2.75, 3.05) is 5.32 Å². The van der Waals surface area contributed by atoms with E-state index < -0.39 is 0 Å². The standard InChI is InChI=1S/C23H20N4O2/c1-14-9-10-18(16(3)28)11-20(14)26-23-21-15(2)19(12-27(21)25-13-24-23)22(29)17-7-5-4-6-8-17/h4-13H,1-3H3,(H,24,25,26). The molecule has 0 atom stereocenters. The van der Waals surface area contributed by atoms with Gasteiger partial charge in [0.15, 0.2) is 17.4 Å². The second-order valence-electron chi connectivity index (χ2n) is 6.98. The van der Waals surface area contributed by atoms with Crippen LogP contribution in [-0.2, 0) is 0 Å². The smallest absolute Gasteiger partial charge is 0.194 e. The third-order valence-corrected chi connectivity index (χ3v) is 5.00. The fourth-order valence-electron chi connectivity index (χ4n) is 3.33. The van der Waals surface area contributed by atoms with Crippen molar-refractivity contribution in [1.29, 1.82) is 0 Å². The quantitative estimate of drug-likeness (QED) is 0.512. The number of nitrogens with one attached hydrogen (secondary N) is 1. The zero-order valence-corrected chi connectivity index (χ0v) is 16.4. The van der Waals surface area contributed by atoms with Crippen molar-refractivity contribution in [1.82, 2.24) is 14.6 Å². The number of aromatic nitrogens is 3. The van der Waals surface area contributed by atoms with Crippen LogP contribution in [0.4, 0.5) is 11.5 Å². The Labute approximate surface area is 168 Å². The Morgan fingerprint density at radius 2 is 1.76 bits per heavy atom. The molecule has 0 saturated heterocycles. The van der Waals surface area contributed by atoms with Gasteiger partial charge in [0.05, 0.1) is 0 Å². The molecule has 0 bridgehead atoms. The van der Waals surface area contributed by atoms with Gasteiger partial charge in [-0.15, -0.1) is 0 Å².